The summed E-state index contributed by atoms with van der Waals surface area (Å²) in [5, 5.41) is 0. The Morgan fingerprint density at radius 3 is 0.812 bits per heavy atom. The monoisotopic (exact) mass is 969 g/mol. The Hall–Kier alpha value is -2.37. The van der Waals surface area contributed by atoms with E-state index in [1.165, 1.54) is 212 Å². The third-order valence-electron chi connectivity index (χ3n) is 13.6. The van der Waals surface area contributed by atoms with Gasteiger partial charge in [-0.1, -0.05) is 288 Å². The van der Waals surface area contributed by atoms with Gasteiger partial charge in [0.05, 0.1) is 0 Å². The summed E-state index contributed by atoms with van der Waals surface area (Å²) in [5.74, 6) is -0.855. The second kappa shape index (κ2) is 58.2. The van der Waals surface area contributed by atoms with Gasteiger partial charge in [0.25, 0.3) is 0 Å². The number of esters is 3. The van der Waals surface area contributed by atoms with Gasteiger partial charge in [0.1, 0.15) is 13.2 Å². The molecular weight excluding hydrogens is 853 g/mol. The molecule has 6 nitrogen and oxygen atoms in total. The first kappa shape index (κ1) is 66.6. The fourth-order valence-electron chi connectivity index (χ4n) is 9.04. The summed E-state index contributed by atoms with van der Waals surface area (Å²) in [6.45, 7) is 6.67. The van der Waals surface area contributed by atoms with E-state index in [9.17, 15) is 14.4 Å². The number of ether oxygens (including phenoxy) is 3. The Kier molecular flexibility index (Phi) is 56.2. The molecule has 0 aromatic heterocycles. The molecule has 0 amide bonds. The maximum absolute atomic E-state index is 12.9. The number of carbonyl (C=O) groups excluding carboxylic acids is 3. The SMILES string of the molecule is CCCCCCC/C=C\C/C=C\C/C=C\CCCCCCCCCCC(=O)OCC(COC(=O)CCCCCCCCCCCCCCC)OC(=O)CCCCCCCCCCCCCCCCC. The lowest BCUT2D eigenvalue weighted by Crippen LogP contribution is -2.30. The van der Waals surface area contributed by atoms with E-state index in [1.54, 1.807) is 0 Å². The lowest BCUT2D eigenvalue weighted by Gasteiger charge is -2.18. The molecule has 69 heavy (non-hydrogen) atoms. The molecule has 0 rings (SSSR count). The maximum atomic E-state index is 12.9. The van der Waals surface area contributed by atoms with E-state index in [0.29, 0.717) is 19.3 Å². The van der Waals surface area contributed by atoms with Crippen molar-refractivity contribution >= 4 is 17.9 Å². The van der Waals surface area contributed by atoms with Crippen molar-refractivity contribution in [2.24, 2.45) is 0 Å². The molecule has 0 heterocycles. The van der Waals surface area contributed by atoms with E-state index >= 15 is 0 Å². The van der Waals surface area contributed by atoms with Crippen LogP contribution >= 0.6 is 0 Å². The van der Waals surface area contributed by atoms with Gasteiger partial charge >= 0.3 is 17.9 Å². The normalized spacial score (nSPS) is 12.2. The fourth-order valence-corrected chi connectivity index (χ4v) is 9.04. The second-order valence-electron chi connectivity index (χ2n) is 20.6. The first-order chi connectivity index (χ1) is 34.0. The summed E-state index contributed by atoms with van der Waals surface area (Å²) in [7, 11) is 0. The molecule has 0 aromatic carbocycles. The van der Waals surface area contributed by atoms with Crippen LogP contribution < -0.4 is 0 Å². The van der Waals surface area contributed by atoms with E-state index in [4.69, 9.17) is 14.2 Å². The van der Waals surface area contributed by atoms with Gasteiger partial charge in [-0.25, -0.2) is 0 Å². The fraction of sp³-hybridized carbons (Fsp3) is 0.857. The molecule has 6 heteroatoms. The van der Waals surface area contributed by atoms with Crippen molar-refractivity contribution in [3.63, 3.8) is 0 Å². The highest BCUT2D eigenvalue weighted by Gasteiger charge is 2.19. The van der Waals surface area contributed by atoms with Crippen LogP contribution in [0.3, 0.4) is 0 Å². The van der Waals surface area contributed by atoms with Crippen molar-refractivity contribution in [1.82, 2.24) is 0 Å². The number of rotatable bonds is 56. The van der Waals surface area contributed by atoms with Crippen molar-refractivity contribution in [3.05, 3.63) is 36.5 Å². The lowest BCUT2D eigenvalue weighted by atomic mass is 10.0. The highest BCUT2D eigenvalue weighted by Crippen LogP contribution is 2.17. The quantitative estimate of drug-likeness (QED) is 0.0261. The summed E-state index contributed by atoms with van der Waals surface area (Å²) in [4.78, 5) is 38.2. The van der Waals surface area contributed by atoms with Gasteiger partial charge in [0.2, 0.25) is 0 Å². The molecule has 1 unspecified atom stereocenters. The number of hydrogen-bond acceptors (Lipinski definition) is 6. The molecule has 0 aliphatic rings. The molecule has 0 bridgehead atoms. The number of allylic oxidation sites excluding steroid dienone is 6. The third-order valence-corrected chi connectivity index (χ3v) is 13.6. The minimum absolute atomic E-state index is 0.0692. The minimum atomic E-state index is -0.771. The van der Waals surface area contributed by atoms with Crippen molar-refractivity contribution in [2.75, 3.05) is 13.2 Å². The molecule has 0 saturated heterocycles. The maximum Gasteiger partial charge on any atom is 0.306 e. The summed E-state index contributed by atoms with van der Waals surface area (Å²) in [5.41, 5.74) is 0. The van der Waals surface area contributed by atoms with Crippen molar-refractivity contribution in [3.8, 4) is 0 Å². The molecule has 0 radical (unpaired) electrons. The molecule has 404 valence electrons. The van der Waals surface area contributed by atoms with Crippen LogP contribution in [0, 0.1) is 0 Å². The largest absolute Gasteiger partial charge is 0.462 e. The Labute approximate surface area is 429 Å². The van der Waals surface area contributed by atoms with Crippen LogP contribution in [0.25, 0.3) is 0 Å². The third kappa shape index (κ3) is 56.4. The summed E-state index contributed by atoms with van der Waals surface area (Å²) in [6, 6.07) is 0. The summed E-state index contributed by atoms with van der Waals surface area (Å²) in [6.07, 6.45) is 69.9. The molecule has 1 atom stereocenters. The van der Waals surface area contributed by atoms with Crippen LogP contribution in [-0.2, 0) is 28.6 Å². The zero-order valence-electron chi connectivity index (χ0n) is 46.3. The Balaban J connectivity index is 4.29. The van der Waals surface area contributed by atoms with E-state index < -0.39 is 6.10 Å². The average Bonchev–Trinajstić information content (AvgIpc) is 3.35. The minimum Gasteiger partial charge on any atom is -0.462 e. The van der Waals surface area contributed by atoms with E-state index in [0.717, 1.165) is 77.0 Å². The van der Waals surface area contributed by atoms with Gasteiger partial charge in [-0.15, -0.1) is 0 Å². The van der Waals surface area contributed by atoms with Crippen molar-refractivity contribution in [2.45, 2.75) is 335 Å². The van der Waals surface area contributed by atoms with E-state index in [-0.39, 0.29) is 31.1 Å². The van der Waals surface area contributed by atoms with Crippen molar-refractivity contribution < 1.29 is 28.6 Å². The van der Waals surface area contributed by atoms with E-state index in [2.05, 4.69) is 57.2 Å². The molecule has 0 aromatic rings. The standard InChI is InChI=1S/C63H116O6/c1-4-7-10-13-16-19-22-25-27-28-29-30-31-32-33-34-36-38-41-44-47-50-53-56-62(65)68-59-60(58-67-61(64)55-52-49-46-43-40-37-24-21-18-15-12-9-6-3)69-63(66)57-54-51-48-45-42-39-35-26-23-20-17-14-11-8-5-2/h22,25,28-29,31-32,60H,4-21,23-24,26-27,30,33-59H2,1-3H3/b25-22-,29-28-,32-31-. The molecule has 0 aliphatic carbocycles. The molecule has 0 aliphatic heterocycles. The highest BCUT2D eigenvalue weighted by atomic mass is 16.6. The first-order valence-corrected chi connectivity index (χ1v) is 30.5. The average molecular weight is 970 g/mol. The molecule has 0 spiro atoms. The Morgan fingerprint density at radius 1 is 0.290 bits per heavy atom. The number of hydrogen-bond donors (Lipinski definition) is 0. The van der Waals surface area contributed by atoms with Crippen LogP contribution in [0.4, 0.5) is 0 Å². The van der Waals surface area contributed by atoms with Gasteiger partial charge in [-0.2, -0.15) is 0 Å². The van der Waals surface area contributed by atoms with Gasteiger partial charge in [-0.05, 0) is 57.8 Å². The summed E-state index contributed by atoms with van der Waals surface area (Å²) < 4.78 is 16.9. The molecule has 0 N–H and O–H groups in total. The number of unbranched alkanes of at least 4 members (excludes halogenated alkanes) is 39. The van der Waals surface area contributed by atoms with Crippen molar-refractivity contribution in [1.29, 1.82) is 0 Å². The smallest absolute Gasteiger partial charge is 0.306 e. The van der Waals surface area contributed by atoms with Crippen LogP contribution in [-0.4, -0.2) is 37.2 Å². The zero-order chi connectivity index (χ0) is 50.0. The zero-order valence-corrected chi connectivity index (χ0v) is 46.3. The van der Waals surface area contributed by atoms with Gasteiger partial charge in [0, 0.05) is 19.3 Å². The molecule has 0 fully saturated rings. The predicted octanol–water partition coefficient (Wildman–Crippen LogP) is 20.4. The number of carbonyl (C=O) groups is 3. The lowest BCUT2D eigenvalue weighted by molar-refractivity contribution is -0.167. The van der Waals surface area contributed by atoms with E-state index in [1.807, 2.05) is 0 Å². The molecular formula is C63H116O6. The topological polar surface area (TPSA) is 78.9 Å². The molecule has 0 saturated carbocycles. The van der Waals surface area contributed by atoms with Gasteiger partial charge in [0.15, 0.2) is 6.10 Å². The van der Waals surface area contributed by atoms with Crippen LogP contribution in [0.5, 0.6) is 0 Å². The Morgan fingerprint density at radius 2 is 0.522 bits per heavy atom. The highest BCUT2D eigenvalue weighted by molar-refractivity contribution is 5.71. The summed E-state index contributed by atoms with van der Waals surface area (Å²) >= 11 is 0. The first-order valence-electron chi connectivity index (χ1n) is 30.5. The second-order valence-corrected chi connectivity index (χ2v) is 20.6. The predicted molar refractivity (Wildman–Crippen MR) is 298 cm³/mol. The van der Waals surface area contributed by atoms with Crippen LogP contribution in [0.1, 0.15) is 329 Å². The Bertz CT molecular complexity index is 1160. The van der Waals surface area contributed by atoms with Crippen LogP contribution in [0.2, 0.25) is 0 Å². The van der Waals surface area contributed by atoms with Gasteiger partial charge in [-0.3, -0.25) is 14.4 Å². The van der Waals surface area contributed by atoms with Gasteiger partial charge < -0.3 is 14.2 Å². The van der Waals surface area contributed by atoms with Crippen LogP contribution in [0.15, 0.2) is 36.5 Å².